The van der Waals surface area contributed by atoms with E-state index in [-0.39, 0.29) is 11.3 Å². The SMILES string of the molecule is CC(C)(C)OC(=O)N/C(=C/[N+](=O)[O-])c1ccc(C(F)(F)F)cc1. The molecule has 0 atom stereocenters. The van der Waals surface area contributed by atoms with Crippen LogP contribution in [0.4, 0.5) is 18.0 Å². The Balaban J connectivity index is 3.04. The number of hydrogen-bond donors (Lipinski definition) is 1. The fourth-order valence-corrected chi connectivity index (χ4v) is 1.54. The van der Waals surface area contributed by atoms with Crippen LogP contribution in [0.3, 0.4) is 0 Å². The van der Waals surface area contributed by atoms with Crippen molar-refractivity contribution in [1.82, 2.24) is 5.32 Å². The summed E-state index contributed by atoms with van der Waals surface area (Å²) in [5.41, 5.74) is -1.97. The van der Waals surface area contributed by atoms with Crippen LogP contribution in [0.1, 0.15) is 31.9 Å². The zero-order valence-corrected chi connectivity index (χ0v) is 12.6. The van der Waals surface area contributed by atoms with Crippen LogP contribution in [0.5, 0.6) is 0 Å². The van der Waals surface area contributed by atoms with E-state index < -0.39 is 28.4 Å². The number of alkyl carbamates (subject to hydrolysis) is 1. The van der Waals surface area contributed by atoms with E-state index in [1.807, 2.05) is 0 Å². The number of nitro groups is 1. The van der Waals surface area contributed by atoms with Gasteiger partial charge in [0.15, 0.2) is 0 Å². The molecule has 0 heterocycles. The fraction of sp³-hybridized carbons (Fsp3) is 0.357. The van der Waals surface area contributed by atoms with Gasteiger partial charge in [-0.3, -0.25) is 15.4 Å². The molecule has 0 saturated carbocycles. The van der Waals surface area contributed by atoms with Gasteiger partial charge in [0, 0.05) is 5.56 Å². The van der Waals surface area contributed by atoms with Gasteiger partial charge in [0.05, 0.1) is 10.5 Å². The first kappa shape index (κ1) is 18.5. The van der Waals surface area contributed by atoms with Crippen LogP contribution in [0.2, 0.25) is 0 Å². The molecule has 1 aromatic rings. The molecule has 0 aliphatic carbocycles. The van der Waals surface area contributed by atoms with Gasteiger partial charge < -0.3 is 4.74 Å². The summed E-state index contributed by atoms with van der Waals surface area (Å²) in [4.78, 5) is 21.5. The molecule has 23 heavy (non-hydrogen) atoms. The van der Waals surface area contributed by atoms with Gasteiger partial charge in [-0.2, -0.15) is 13.2 Å². The molecule has 9 heteroatoms. The third-order valence-corrected chi connectivity index (χ3v) is 2.39. The second kappa shape index (κ2) is 6.67. The van der Waals surface area contributed by atoms with Crippen molar-refractivity contribution >= 4 is 11.8 Å². The standard InChI is InChI=1S/C14H15F3N2O4/c1-13(2,3)23-12(20)18-11(8-19(21)22)9-4-6-10(7-5-9)14(15,16)17/h4-8H,1-3H3,(H,18,20)/b11-8+. The second-order valence-electron chi connectivity index (χ2n) is 5.53. The second-order valence-corrected chi connectivity index (χ2v) is 5.53. The first-order valence-corrected chi connectivity index (χ1v) is 6.41. The van der Waals surface area contributed by atoms with Crippen molar-refractivity contribution in [3.8, 4) is 0 Å². The van der Waals surface area contributed by atoms with Crippen LogP contribution in [-0.2, 0) is 10.9 Å². The quantitative estimate of drug-likeness (QED) is 0.674. The van der Waals surface area contributed by atoms with Crippen LogP contribution >= 0.6 is 0 Å². The summed E-state index contributed by atoms with van der Waals surface area (Å²) in [7, 11) is 0. The molecule has 1 amide bonds. The number of hydrogen-bond acceptors (Lipinski definition) is 4. The molecule has 126 valence electrons. The van der Waals surface area contributed by atoms with Gasteiger partial charge in [-0.15, -0.1) is 0 Å². The Hall–Kier alpha value is -2.58. The lowest BCUT2D eigenvalue weighted by molar-refractivity contribution is -0.401. The van der Waals surface area contributed by atoms with Gasteiger partial charge in [0.2, 0.25) is 0 Å². The Morgan fingerprint density at radius 1 is 1.22 bits per heavy atom. The molecule has 0 aromatic heterocycles. The summed E-state index contributed by atoms with van der Waals surface area (Å²) in [5, 5.41) is 12.8. The molecule has 0 unspecified atom stereocenters. The predicted octanol–water partition coefficient (Wildman–Crippen LogP) is 3.81. The van der Waals surface area contributed by atoms with Crippen molar-refractivity contribution in [2.45, 2.75) is 32.5 Å². The zero-order valence-electron chi connectivity index (χ0n) is 12.6. The summed E-state index contributed by atoms with van der Waals surface area (Å²) in [6.45, 7) is 4.80. The Kier molecular flexibility index (Phi) is 5.36. The van der Waals surface area contributed by atoms with E-state index in [2.05, 4.69) is 5.32 Å². The number of nitrogens with one attached hydrogen (secondary N) is 1. The summed E-state index contributed by atoms with van der Waals surface area (Å²) in [6.07, 6.45) is -5.00. The van der Waals surface area contributed by atoms with Gasteiger partial charge in [-0.25, -0.2) is 4.79 Å². The van der Waals surface area contributed by atoms with Crippen LogP contribution in [-0.4, -0.2) is 16.6 Å². The lowest BCUT2D eigenvalue weighted by Crippen LogP contribution is -2.31. The molecule has 0 radical (unpaired) electrons. The minimum atomic E-state index is -4.52. The van der Waals surface area contributed by atoms with Gasteiger partial charge in [0.25, 0.3) is 6.20 Å². The molecule has 0 bridgehead atoms. The number of halogens is 3. The number of carbonyl (C=O) groups is 1. The molecule has 1 aromatic carbocycles. The van der Waals surface area contributed by atoms with Crippen molar-refractivity contribution in [3.63, 3.8) is 0 Å². The molecule has 0 aliphatic rings. The lowest BCUT2D eigenvalue weighted by atomic mass is 10.1. The smallest absolute Gasteiger partial charge is 0.416 e. The summed E-state index contributed by atoms with van der Waals surface area (Å²) < 4.78 is 42.5. The van der Waals surface area contributed by atoms with Crippen molar-refractivity contribution in [3.05, 3.63) is 51.7 Å². The maximum Gasteiger partial charge on any atom is 0.416 e. The summed E-state index contributed by atoms with van der Waals surface area (Å²) in [6, 6.07) is 3.57. The molecule has 0 fully saturated rings. The molecule has 0 aliphatic heterocycles. The Morgan fingerprint density at radius 3 is 2.13 bits per heavy atom. The van der Waals surface area contributed by atoms with Crippen molar-refractivity contribution in [2.75, 3.05) is 0 Å². The number of benzene rings is 1. The summed E-state index contributed by atoms with van der Waals surface area (Å²) >= 11 is 0. The first-order chi connectivity index (χ1) is 10.4. The molecular formula is C14H15F3N2O4. The predicted molar refractivity (Wildman–Crippen MR) is 75.8 cm³/mol. The van der Waals surface area contributed by atoms with Gasteiger partial charge in [0.1, 0.15) is 11.3 Å². The number of carbonyl (C=O) groups excluding carboxylic acids is 1. The van der Waals surface area contributed by atoms with E-state index in [0.717, 1.165) is 24.3 Å². The molecule has 6 nitrogen and oxygen atoms in total. The number of alkyl halides is 3. The van der Waals surface area contributed by atoms with Gasteiger partial charge >= 0.3 is 12.3 Å². The highest BCUT2D eigenvalue weighted by atomic mass is 19.4. The zero-order chi connectivity index (χ0) is 17.8. The van der Waals surface area contributed by atoms with E-state index in [4.69, 9.17) is 4.74 Å². The van der Waals surface area contributed by atoms with Crippen molar-refractivity contribution in [2.24, 2.45) is 0 Å². The van der Waals surface area contributed by atoms with E-state index in [1.54, 1.807) is 20.8 Å². The molecule has 0 spiro atoms. The largest absolute Gasteiger partial charge is 0.444 e. The van der Waals surface area contributed by atoms with Crippen LogP contribution in [0, 0.1) is 10.1 Å². The molecule has 1 rings (SSSR count). The maximum atomic E-state index is 12.5. The highest BCUT2D eigenvalue weighted by molar-refractivity contribution is 5.81. The van der Waals surface area contributed by atoms with Crippen LogP contribution in [0.25, 0.3) is 5.70 Å². The molecule has 1 N–H and O–H groups in total. The van der Waals surface area contributed by atoms with E-state index in [0.29, 0.717) is 6.20 Å². The Bertz CT molecular complexity index is 616. The van der Waals surface area contributed by atoms with E-state index >= 15 is 0 Å². The maximum absolute atomic E-state index is 12.5. The molecular weight excluding hydrogens is 317 g/mol. The highest BCUT2D eigenvalue weighted by Crippen LogP contribution is 2.29. The Morgan fingerprint density at radius 2 is 1.74 bits per heavy atom. The molecule has 0 saturated heterocycles. The number of ether oxygens (including phenoxy) is 1. The van der Waals surface area contributed by atoms with Crippen molar-refractivity contribution < 1.29 is 27.6 Å². The van der Waals surface area contributed by atoms with Gasteiger partial charge in [-0.1, -0.05) is 12.1 Å². The van der Waals surface area contributed by atoms with E-state index in [9.17, 15) is 28.1 Å². The number of rotatable bonds is 3. The first-order valence-electron chi connectivity index (χ1n) is 6.41. The van der Waals surface area contributed by atoms with Gasteiger partial charge in [-0.05, 0) is 32.9 Å². The summed E-state index contributed by atoms with van der Waals surface area (Å²) in [5.74, 6) is 0. The van der Waals surface area contributed by atoms with Crippen LogP contribution in [0.15, 0.2) is 30.5 Å². The average Bonchev–Trinajstić information content (AvgIpc) is 2.34. The fourth-order valence-electron chi connectivity index (χ4n) is 1.54. The number of nitrogens with zero attached hydrogens (tertiary/aromatic N) is 1. The topological polar surface area (TPSA) is 81.5 Å². The lowest BCUT2D eigenvalue weighted by Gasteiger charge is -2.20. The third-order valence-electron chi connectivity index (χ3n) is 2.39. The van der Waals surface area contributed by atoms with E-state index in [1.165, 1.54) is 0 Å². The number of amides is 1. The third kappa shape index (κ3) is 6.37. The normalized spacial score (nSPS) is 12.7. The highest BCUT2D eigenvalue weighted by Gasteiger charge is 2.30. The van der Waals surface area contributed by atoms with Crippen LogP contribution < -0.4 is 5.32 Å². The average molecular weight is 332 g/mol. The minimum Gasteiger partial charge on any atom is -0.444 e. The monoisotopic (exact) mass is 332 g/mol. The van der Waals surface area contributed by atoms with Crippen molar-refractivity contribution in [1.29, 1.82) is 0 Å². The minimum absolute atomic E-state index is 0.0422. The Labute approximate surface area is 130 Å².